The standard InChI is InChI=1S/C12H19N.ClH/c1-9-5-7-10(8-6-9)11(13)12(2,3)4;/h5-8,11H,13H2,1-4H3;1H/t11-;/m0./s1. The summed E-state index contributed by atoms with van der Waals surface area (Å²) in [6, 6.07) is 8.58. The molecule has 0 radical (unpaired) electrons. The van der Waals surface area contributed by atoms with Crippen molar-refractivity contribution in [3.63, 3.8) is 0 Å². The number of nitrogens with two attached hydrogens (primary N) is 1. The van der Waals surface area contributed by atoms with E-state index in [2.05, 4.69) is 52.0 Å². The Hall–Kier alpha value is -0.530. The molecule has 0 aliphatic rings. The van der Waals surface area contributed by atoms with Crippen LogP contribution in [-0.2, 0) is 0 Å². The number of benzene rings is 1. The van der Waals surface area contributed by atoms with E-state index < -0.39 is 0 Å². The number of halogens is 1. The Labute approximate surface area is 93.1 Å². The zero-order valence-electron chi connectivity index (χ0n) is 9.37. The summed E-state index contributed by atoms with van der Waals surface area (Å²) in [5.41, 5.74) is 8.76. The first kappa shape index (κ1) is 13.5. The van der Waals surface area contributed by atoms with Crippen LogP contribution >= 0.6 is 12.4 Å². The van der Waals surface area contributed by atoms with Gasteiger partial charge in [-0.15, -0.1) is 12.4 Å². The van der Waals surface area contributed by atoms with Gasteiger partial charge in [0.15, 0.2) is 0 Å². The van der Waals surface area contributed by atoms with E-state index in [1.54, 1.807) is 0 Å². The van der Waals surface area contributed by atoms with Crippen LogP contribution in [0.2, 0.25) is 0 Å². The summed E-state index contributed by atoms with van der Waals surface area (Å²) in [4.78, 5) is 0. The molecular formula is C12H20ClN. The third kappa shape index (κ3) is 3.32. The van der Waals surface area contributed by atoms with E-state index in [0.29, 0.717) is 0 Å². The minimum absolute atomic E-state index is 0. The summed E-state index contributed by atoms with van der Waals surface area (Å²) in [6.07, 6.45) is 0. The zero-order chi connectivity index (χ0) is 10.1. The topological polar surface area (TPSA) is 26.0 Å². The molecule has 0 heterocycles. The average molecular weight is 214 g/mol. The van der Waals surface area contributed by atoms with Gasteiger partial charge in [-0.1, -0.05) is 50.6 Å². The Kier molecular flexibility index (Phi) is 4.63. The summed E-state index contributed by atoms with van der Waals surface area (Å²) in [7, 11) is 0. The molecule has 0 saturated heterocycles. The molecule has 80 valence electrons. The predicted octanol–water partition coefficient (Wildman–Crippen LogP) is 3.46. The van der Waals surface area contributed by atoms with E-state index in [1.807, 2.05) is 0 Å². The van der Waals surface area contributed by atoms with Crippen LogP contribution in [0.1, 0.15) is 37.9 Å². The maximum Gasteiger partial charge on any atom is 0.0344 e. The highest BCUT2D eigenvalue weighted by atomic mass is 35.5. The number of hydrogen-bond donors (Lipinski definition) is 1. The van der Waals surface area contributed by atoms with E-state index in [0.717, 1.165) is 0 Å². The molecule has 0 fully saturated rings. The van der Waals surface area contributed by atoms with Gasteiger partial charge < -0.3 is 5.73 Å². The van der Waals surface area contributed by atoms with Crippen molar-refractivity contribution >= 4 is 12.4 Å². The van der Waals surface area contributed by atoms with E-state index in [4.69, 9.17) is 5.73 Å². The summed E-state index contributed by atoms with van der Waals surface area (Å²) in [6.45, 7) is 8.58. The molecule has 1 aromatic rings. The van der Waals surface area contributed by atoms with Gasteiger partial charge in [-0.3, -0.25) is 0 Å². The second-order valence-electron chi connectivity index (χ2n) is 4.75. The van der Waals surface area contributed by atoms with Gasteiger partial charge in [-0.2, -0.15) is 0 Å². The Balaban J connectivity index is 0.00000169. The maximum atomic E-state index is 6.12. The summed E-state index contributed by atoms with van der Waals surface area (Å²) in [5, 5.41) is 0. The summed E-state index contributed by atoms with van der Waals surface area (Å²) < 4.78 is 0. The molecule has 2 heteroatoms. The van der Waals surface area contributed by atoms with Crippen molar-refractivity contribution in [2.45, 2.75) is 33.7 Å². The number of hydrogen-bond acceptors (Lipinski definition) is 1. The molecule has 14 heavy (non-hydrogen) atoms. The summed E-state index contributed by atoms with van der Waals surface area (Å²) >= 11 is 0. The Morgan fingerprint density at radius 2 is 1.50 bits per heavy atom. The van der Waals surface area contributed by atoms with Crippen molar-refractivity contribution in [2.24, 2.45) is 11.1 Å². The van der Waals surface area contributed by atoms with Crippen molar-refractivity contribution in [2.75, 3.05) is 0 Å². The van der Waals surface area contributed by atoms with Gasteiger partial charge in [0.05, 0.1) is 0 Å². The lowest BCUT2D eigenvalue weighted by Crippen LogP contribution is -2.26. The molecule has 0 unspecified atom stereocenters. The normalized spacial score (nSPS) is 13.2. The molecule has 1 atom stereocenters. The van der Waals surface area contributed by atoms with E-state index in [1.165, 1.54) is 11.1 Å². The van der Waals surface area contributed by atoms with Crippen LogP contribution in [0.5, 0.6) is 0 Å². The van der Waals surface area contributed by atoms with E-state index in [9.17, 15) is 0 Å². The van der Waals surface area contributed by atoms with E-state index in [-0.39, 0.29) is 23.9 Å². The van der Waals surface area contributed by atoms with Crippen LogP contribution in [0.4, 0.5) is 0 Å². The van der Waals surface area contributed by atoms with Gasteiger partial charge in [0, 0.05) is 6.04 Å². The smallest absolute Gasteiger partial charge is 0.0344 e. The Morgan fingerprint density at radius 1 is 1.07 bits per heavy atom. The number of rotatable bonds is 1. The lowest BCUT2D eigenvalue weighted by Gasteiger charge is -2.27. The van der Waals surface area contributed by atoms with Crippen LogP contribution in [0.25, 0.3) is 0 Å². The minimum Gasteiger partial charge on any atom is -0.324 e. The van der Waals surface area contributed by atoms with Crippen molar-refractivity contribution in [1.82, 2.24) is 0 Å². The fourth-order valence-electron chi connectivity index (χ4n) is 1.27. The summed E-state index contributed by atoms with van der Waals surface area (Å²) in [5.74, 6) is 0. The largest absolute Gasteiger partial charge is 0.324 e. The molecule has 1 rings (SSSR count). The van der Waals surface area contributed by atoms with Crippen molar-refractivity contribution in [3.05, 3.63) is 35.4 Å². The van der Waals surface area contributed by atoms with E-state index >= 15 is 0 Å². The van der Waals surface area contributed by atoms with Gasteiger partial charge in [-0.25, -0.2) is 0 Å². The molecule has 0 aliphatic heterocycles. The highest BCUT2D eigenvalue weighted by Gasteiger charge is 2.21. The van der Waals surface area contributed by atoms with Crippen LogP contribution in [-0.4, -0.2) is 0 Å². The second-order valence-corrected chi connectivity index (χ2v) is 4.75. The third-order valence-corrected chi connectivity index (χ3v) is 2.37. The van der Waals surface area contributed by atoms with Crippen molar-refractivity contribution in [1.29, 1.82) is 0 Å². The van der Waals surface area contributed by atoms with Crippen LogP contribution in [0, 0.1) is 12.3 Å². The maximum absolute atomic E-state index is 6.12. The highest BCUT2D eigenvalue weighted by molar-refractivity contribution is 5.85. The molecule has 1 nitrogen and oxygen atoms in total. The van der Waals surface area contributed by atoms with Gasteiger partial charge in [0.1, 0.15) is 0 Å². The molecular weight excluding hydrogens is 194 g/mol. The molecule has 0 amide bonds. The van der Waals surface area contributed by atoms with Crippen LogP contribution < -0.4 is 5.73 Å². The van der Waals surface area contributed by atoms with Crippen LogP contribution in [0.3, 0.4) is 0 Å². The molecule has 1 aromatic carbocycles. The molecule has 0 spiro atoms. The molecule has 0 aromatic heterocycles. The zero-order valence-corrected chi connectivity index (χ0v) is 10.2. The van der Waals surface area contributed by atoms with Crippen molar-refractivity contribution < 1.29 is 0 Å². The Bertz CT molecular complexity index is 271. The van der Waals surface area contributed by atoms with Gasteiger partial charge in [0.25, 0.3) is 0 Å². The van der Waals surface area contributed by atoms with Crippen molar-refractivity contribution in [3.8, 4) is 0 Å². The lowest BCUT2D eigenvalue weighted by molar-refractivity contribution is 0.327. The quantitative estimate of drug-likeness (QED) is 0.760. The number of aryl methyl sites for hydroxylation is 1. The highest BCUT2D eigenvalue weighted by Crippen LogP contribution is 2.30. The molecule has 0 aliphatic carbocycles. The first-order valence-electron chi connectivity index (χ1n) is 4.73. The first-order chi connectivity index (χ1) is 5.91. The van der Waals surface area contributed by atoms with Crippen LogP contribution in [0.15, 0.2) is 24.3 Å². The molecule has 0 saturated carbocycles. The SMILES string of the molecule is Cc1ccc([C@H](N)C(C)(C)C)cc1.Cl. The Morgan fingerprint density at radius 3 is 1.86 bits per heavy atom. The second kappa shape index (κ2) is 4.81. The lowest BCUT2D eigenvalue weighted by atomic mass is 9.83. The minimum atomic E-state index is 0. The van der Waals surface area contributed by atoms with Gasteiger partial charge >= 0.3 is 0 Å². The first-order valence-corrected chi connectivity index (χ1v) is 4.73. The fraction of sp³-hybridized carbons (Fsp3) is 0.500. The average Bonchev–Trinajstić information content (AvgIpc) is 2.03. The predicted molar refractivity (Wildman–Crippen MR) is 64.8 cm³/mol. The van der Waals surface area contributed by atoms with Gasteiger partial charge in [0.2, 0.25) is 0 Å². The van der Waals surface area contributed by atoms with Gasteiger partial charge in [-0.05, 0) is 17.9 Å². The fourth-order valence-corrected chi connectivity index (χ4v) is 1.27. The molecule has 2 N–H and O–H groups in total. The third-order valence-electron chi connectivity index (χ3n) is 2.37. The monoisotopic (exact) mass is 213 g/mol. The molecule has 0 bridgehead atoms.